The third-order valence-corrected chi connectivity index (χ3v) is 4.15. The first-order valence-electron chi connectivity index (χ1n) is 7.01. The molecule has 0 spiro atoms. The SMILES string of the molecule is COc1cc(CN(C)C(=O)Nc2ccc(C3CC3)nn2)sn1. The predicted molar refractivity (Wildman–Crippen MR) is 83.2 cm³/mol. The minimum Gasteiger partial charge on any atom is -0.480 e. The molecule has 0 atom stereocenters. The summed E-state index contributed by atoms with van der Waals surface area (Å²) in [5.41, 5.74) is 1.00. The molecule has 0 unspecified atom stereocenters. The van der Waals surface area contributed by atoms with Crippen LogP contribution in [0.1, 0.15) is 29.3 Å². The normalized spacial score (nSPS) is 13.7. The number of hydrogen-bond acceptors (Lipinski definition) is 6. The minimum atomic E-state index is -0.235. The van der Waals surface area contributed by atoms with Crippen LogP contribution in [0.5, 0.6) is 5.88 Å². The Morgan fingerprint density at radius 2 is 2.27 bits per heavy atom. The fourth-order valence-corrected chi connectivity index (χ4v) is 2.72. The maximum Gasteiger partial charge on any atom is 0.323 e. The molecule has 2 aromatic rings. The minimum absolute atomic E-state index is 0.235. The van der Waals surface area contributed by atoms with E-state index in [1.807, 2.05) is 12.1 Å². The van der Waals surface area contributed by atoms with E-state index < -0.39 is 0 Å². The first-order chi connectivity index (χ1) is 10.7. The van der Waals surface area contributed by atoms with Crippen LogP contribution in [0.4, 0.5) is 10.6 Å². The number of aromatic nitrogens is 3. The Morgan fingerprint density at radius 3 is 2.86 bits per heavy atom. The van der Waals surface area contributed by atoms with Crippen LogP contribution in [0.3, 0.4) is 0 Å². The van der Waals surface area contributed by atoms with Crippen molar-refractivity contribution >= 4 is 23.4 Å². The number of methoxy groups -OCH3 is 1. The molecule has 7 nitrogen and oxygen atoms in total. The molecule has 2 heterocycles. The molecular weight excluding hydrogens is 302 g/mol. The molecule has 2 aromatic heterocycles. The highest BCUT2D eigenvalue weighted by atomic mass is 32.1. The Kier molecular flexibility index (Phi) is 4.19. The summed E-state index contributed by atoms with van der Waals surface area (Å²) in [7, 11) is 3.28. The van der Waals surface area contributed by atoms with E-state index in [1.165, 1.54) is 24.4 Å². The van der Waals surface area contributed by atoms with Crippen molar-refractivity contribution in [1.82, 2.24) is 19.5 Å². The first-order valence-corrected chi connectivity index (χ1v) is 7.78. The summed E-state index contributed by atoms with van der Waals surface area (Å²) in [6.45, 7) is 0.459. The molecule has 3 rings (SSSR count). The van der Waals surface area contributed by atoms with Crippen LogP contribution in [-0.2, 0) is 6.54 Å². The second-order valence-electron chi connectivity index (χ2n) is 5.24. The molecule has 1 N–H and O–H groups in total. The first kappa shape index (κ1) is 14.7. The van der Waals surface area contributed by atoms with E-state index in [9.17, 15) is 4.79 Å². The zero-order chi connectivity index (χ0) is 15.5. The number of nitrogens with one attached hydrogen (secondary N) is 1. The van der Waals surface area contributed by atoms with Crippen molar-refractivity contribution in [3.63, 3.8) is 0 Å². The smallest absolute Gasteiger partial charge is 0.323 e. The Labute approximate surface area is 132 Å². The Morgan fingerprint density at radius 1 is 1.45 bits per heavy atom. The van der Waals surface area contributed by atoms with Gasteiger partial charge in [0.2, 0.25) is 5.88 Å². The van der Waals surface area contributed by atoms with Gasteiger partial charge in [-0.3, -0.25) is 5.32 Å². The Bertz CT molecular complexity index is 654. The number of hydrogen-bond donors (Lipinski definition) is 1. The molecule has 116 valence electrons. The fourth-order valence-electron chi connectivity index (χ4n) is 1.98. The molecule has 0 aliphatic heterocycles. The van der Waals surface area contributed by atoms with Crippen LogP contribution in [0.25, 0.3) is 0 Å². The van der Waals surface area contributed by atoms with Crippen LogP contribution < -0.4 is 10.1 Å². The number of amides is 2. The molecule has 1 aliphatic carbocycles. The van der Waals surface area contributed by atoms with Gasteiger partial charge in [0.1, 0.15) is 0 Å². The number of nitrogens with zero attached hydrogens (tertiary/aromatic N) is 4. The second kappa shape index (κ2) is 6.27. The third-order valence-electron chi connectivity index (χ3n) is 3.40. The van der Waals surface area contributed by atoms with Gasteiger partial charge in [-0.05, 0) is 36.5 Å². The molecular formula is C14H17N5O2S. The highest BCUT2D eigenvalue weighted by molar-refractivity contribution is 7.05. The van der Waals surface area contributed by atoms with E-state index >= 15 is 0 Å². The van der Waals surface area contributed by atoms with E-state index in [0.29, 0.717) is 24.2 Å². The number of carbonyl (C=O) groups excluding carboxylic acids is 1. The summed E-state index contributed by atoms with van der Waals surface area (Å²) in [6, 6.07) is 5.30. The van der Waals surface area contributed by atoms with Gasteiger partial charge in [0.15, 0.2) is 5.82 Å². The quantitative estimate of drug-likeness (QED) is 0.916. The Balaban J connectivity index is 1.55. The molecule has 0 saturated heterocycles. The number of urea groups is 1. The zero-order valence-electron chi connectivity index (χ0n) is 12.4. The van der Waals surface area contributed by atoms with Gasteiger partial charge in [-0.1, -0.05) is 0 Å². The summed E-state index contributed by atoms with van der Waals surface area (Å²) in [4.78, 5) is 14.6. The monoisotopic (exact) mass is 319 g/mol. The summed E-state index contributed by atoms with van der Waals surface area (Å²) >= 11 is 1.31. The molecule has 22 heavy (non-hydrogen) atoms. The molecule has 0 radical (unpaired) electrons. The lowest BCUT2D eigenvalue weighted by Crippen LogP contribution is -2.31. The van der Waals surface area contributed by atoms with Gasteiger partial charge in [-0.25, -0.2) is 4.79 Å². The van der Waals surface area contributed by atoms with Crippen molar-refractivity contribution in [3.8, 4) is 5.88 Å². The van der Waals surface area contributed by atoms with Gasteiger partial charge in [0.25, 0.3) is 0 Å². The number of carbonyl (C=O) groups is 1. The van der Waals surface area contributed by atoms with Gasteiger partial charge in [-0.15, -0.1) is 5.10 Å². The lowest BCUT2D eigenvalue weighted by Gasteiger charge is -2.16. The zero-order valence-corrected chi connectivity index (χ0v) is 13.3. The topological polar surface area (TPSA) is 80.2 Å². The maximum atomic E-state index is 12.1. The molecule has 1 fully saturated rings. The van der Waals surface area contributed by atoms with E-state index in [1.54, 1.807) is 25.1 Å². The highest BCUT2D eigenvalue weighted by Crippen LogP contribution is 2.38. The molecule has 0 bridgehead atoms. The molecule has 8 heteroatoms. The fraction of sp³-hybridized carbons (Fsp3) is 0.429. The lowest BCUT2D eigenvalue weighted by molar-refractivity contribution is 0.221. The van der Waals surface area contributed by atoms with Crippen LogP contribution in [0, 0.1) is 0 Å². The average Bonchev–Trinajstić information content (AvgIpc) is 3.28. The van der Waals surface area contributed by atoms with Crippen LogP contribution in [0.2, 0.25) is 0 Å². The van der Waals surface area contributed by atoms with Gasteiger partial charge in [0.05, 0.1) is 19.3 Å². The molecule has 1 saturated carbocycles. The average molecular weight is 319 g/mol. The van der Waals surface area contributed by atoms with Gasteiger partial charge in [0, 0.05) is 23.9 Å². The van der Waals surface area contributed by atoms with Crippen molar-refractivity contribution in [1.29, 1.82) is 0 Å². The van der Waals surface area contributed by atoms with E-state index in [-0.39, 0.29) is 6.03 Å². The Hall–Kier alpha value is -2.22. The molecule has 1 aliphatic rings. The summed E-state index contributed by atoms with van der Waals surface area (Å²) in [6.07, 6.45) is 2.36. The van der Waals surface area contributed by atoms with Crippen molar-refractivity contribution in [2.24, 2.45) is 0 Å². The van der Waals surface area contributed by atoms with Gasteiger partial charge in [-0.2, -0.15) is 9.47 Å². The summed E-state index contributed by atoms with van der Waals surface area (Å²) in [5.74, 6) is 1.58. The van der Waals surface area contributed by atoms with Crippen LogP contribution >= 0.6 is 11.5 Å². The largest absolute Gasteiger partial charge is 0.480 e. The van der Waals surface area contributed by atoms with E-state index in [0.717, 1.165) is 10.6 Å². The summed E-state index contributed by atoms with van der Waals surface area (Å²) in [5, 5.41) is 10.9. The van der Waals surface area contributed by atoms with E-state index in [4.69, 9.17) is 4.74 Å². The van der Waals surface area contributed by atoms with Crippen LogP contribution in [-0.4, -0.2) is 39.7 Å². The van der Waals surface area contributed by atoms with Crippen molar-refractivity contribution in [2.75, 3.05) is 19.5 Å². The van der Waals surface area contributed by atoms with Crippen molar-refractivity contribution in [2.45, 2.75) is 25.3 Å². The highest BCUT2D eigenvalue weighted by Gasteiger charge is 2.25. The van der Waals surface area contributed by atoms with Gasteiger partial charge < -0.3 is 9.64 Å². The second-order valence-corrected chi connectivity index (χ2v) is 6.13. The van der Waals surface area contributed by atoms with E-state index in [2.05, 4.69) is 19.9 Å². The standard InChI is InChI=1S/C14H17N5O2S/c1-19(8-10-7-13(21-2)18-22-10)14(20)15-12-6-5-11(16-17-12)9-3-4-9/h5-7,9H,3-4,8H2,1-2H3,(H,15,17,20). The number of ether oxygens (including phenoxy) is 1. The van der Waals surface area contributed by atoms with Crippen molar-refractivity contribution < 1.29 is 9.53 Å². The third kappa shape index (κ3) is 3.51. The number of rotatable bonds is 5. The van der Waals surface area contributed by atoms with Crippen molar-refractivity contribution in [3.05, 3.63) is 28.8 Å². The summed E-state index contributed by atoms with van der Waals surface area (Å²) < 4.78 is 9.13. The molecule has 2 amide bonds. The molecule has 0 aromatic carbocycles. The van der Waals surface area contributed by atoms with Crippen LogP contribution in [0.15, 0.2) is 18.2 Å². The maximum absolute atomic E-state index is 12.1. The predicted octanol–water partition coefficient (Wildman–Crippen LogP) is 2.48. The lowest BCUT2D eigenvalue weighted by atomic mass is 10.3. The number of anilines is 1. The van der Waals surface area contributed by atoms with Gasteiger partial charge >= 0.3 is 6.03 Å².